The molecule has 0 atom stereocenters. The predicted molar refractivity (Wildman–Crippen MR) is 110 cm³/mol. The quantitative estimate of drug-likeness (QED) is 0.674. The van der Waals surface area contributed by atoms with E-state index in [9.17, 15) is 4.79 Å². The minimum atomic E-state index is -0.0360. The van der Waals surface area contributed by atoms with Gasteiger partial charge in [0, 0.05) is 23.9 Å². The molecular formula is C22H22N2O3S. The number of anilines is 1. The van der Waals surface area contributed by atoms with E-state index in [1.54, 1.807) is 0 Å². The van der Waals surface area contributed by atoms with E-state index in [1.165, 1.54) is 22.5 Å². The lowest BCUT2D eigenvalue weighted by Crippen LogP contribution is -2.15. The largest absolute Gasteiger partial charge is 0.486 e. The van der Waals surface area contributed by atoms with E-state index in [4.69, 9.17) is 9.47 Å². The lowest BCUT2D eigenvalue weighted by atomic mass is 10.1. The molecule has 0 saturated heterocycles. The van der Waals surface area contributed by atoms with Crippen molar-refractivity contribution in [2.45, 2.75) is 26.2 Å². The summed E-state index contributed by atoms with van der Waals surface area (Å²) >= 11 is 1.52. The molecule has 5 nitrogen and oxygen atoms in total. The molecule has 0 fully saturated rings. The van der Waals surface area contributed by atoms with E-state index >= 15 is 0 Å². The third-order valence-corrected chi connectivity index (χ3v) is 5.46. The van der Waals surface area contributed by atoms with Crippen molar-refractivity contribution in [1.29, 1.82) is 0 Å². The average Bonchev–Trinajstić information content (AvgIpc) is 3.14. The van der Waals surface area contributed by atoms with Crippen LogP contribution in [0.5, 0.6) is 11.5 Å². The summed E-state index contributed by atoms with van der Waals surface area (Å²) in [6.45, 7) is 3.22. The second kappa shape index (κ2) is 8.44. The Morgan fingerprint density at radius 2 is 1.82 bits per heavy atom. The van der Waals surface area contributed by atoms with E-state index in [-0.39, 0.29) is 5.91 Å². The van der Waals surface area contributed by atoms with E-state index in [2.05, 4.69) is 41.5 Å². The Bertz CT molecular complexity index is 966. The van der Waals surface area contributed by atoms with Crippen LogP contribution in [0, 0.1) is 6.92 Å². The van der Waals surface area contributed by atoms with Crippen molar-refractivity contribution in [3.05, 3.63) is 70.2 Å². The molecule has 6 heteroatoms. The van der Waals surface area contributed by atoms with Gasteiger partial charge in [-0.3, -0.25) is 4.79 Å². The fourth-order valence-electron chi connectivity index (χ4n) is 3.04. The first-order chi connectivity index (χ1) is 13.7. The summed E-state index contributed by atoms with van der Waals surface area (Å²) in [5.41, 5.74) is 3.54. The summed E-state index contributed by atoms with van der Waals surface area (Å²) in [5.74, 6) is 1.49. The maximum absolute atomic E-state index is 12.3. The number of nitrogens with one attached hydrogen (secondary N) is 1. The molecule has 0 saturated carbocycles. The average molecular weight is 394 g/mol. The van der Waals surface area contributed by atoms with Gasteiger partial charge in [-0.15, -0.1) is 11.3 Å². The molecule has 0 spiro atoms. The van der Waals surface area contributed by atoms with Crippen molar-refractivity contribution in [3.8, 4) is 11.5 Å². The van der Waals surface area contributed by atoms with Crippen LogP contribution in [0.15, 0.2) is 48.7 Å². The Labute approximate surface area is 168 Å². The highest BCUT2D eigenvalue weighted by Crippen LogP contribution is 2.31. The maximum atomic E-state index is 12.3. The Kier molecular flexibility index (Phi) is 5.58. The fourth-order valence-corrected chi connectivity index (χ4v) is 3.90. The van der Waals surface area contributed by atoms with Crippen LogP contribution in [-0.2, 0) is 17.6 Å². The number of hydrogen-bond acceptors (Lipinski definition) is 5. The Hall–Kier alpha value is -2.86. The monoisotopic (exact) mass is 394 g/mol. The number of amides is 1. The minimum absolute atomic E-state index is 0.0360. The van der Waals surface area contributed by atoms with Crippen LogP contribution in [0.25, 0.3) is 0 Å². The summed E-state index contributed by atoms with van der Waals surface area (Å²) in [6, 6.07) is 14.3. The highest BCUT2D eigenvalue weighted by atomic mass is 32.1. The number of aryl methyl sites for hydroxylation is 2. The molecule has 0 unspecified atom stereocenters. The first kappa shape index (κ1) is 18.5. The molecule has 4 rings (SSSR count). The zero-order valence-electron chi connectivity index (χ0n) is 15.7. The van der Waals surface area contributed by atoms with Crippen LogP contribution in [0.1, 0.15) is 28.0 Å². The van der Waals surface area contributed by atoms with Gasteiger partial charge in [0.2, 0.25) is 5.91 Å². The second-order valence-corrected chi connectivity index (χ2v) is 7.94. The Morgan fingerprint density at radius 3 is 2.64 bits per heavy atom. The molecule has 1 aliphatic heterocycles. The number of aromatic nitrogens is 1. The summed E-state index contributed by atoms with van der Waals surface area (Å²) in [7, 11) is 0. The molecule has 144 valence electrons. The molecule has 3 aromatic rings. The van der Waals surface area contributed by atoms with Gasteiger partial charge in [0.05, 0.1) is 0 Å². The van der Waals surface area contributed by atoms with Gasteiger partial charge in [-0.05, 0) is 36.6 Å². The summed E-state index contributed by atoms with van der Waals surface area (Å²) in [6.07, 6.45) is 3.70. The molecule has 2 aromatic carbocycles. The SMILES string of the molecule is Cc1ccc(Cc2cnc(NC(=O)CCc3ccc4c(c3)OCCO4)s2)cc1. The lowest BCUT2D eigenvalue weighted by Gasteiger charge is -2.18. The summed E-state index contributed by atoms with van der Waals surface area (Å²) in [4.78, 5) is 17.7. The van der Waals surface area contributed by atoms with Crippen LogP contribution >= 0.6 is 11.3 Å². The minimum Gasteiger partial charge on any atom is -0.486 e. The highest BCUT2D eigenvalue weighted by molar-refractivity contribution is 7.15. The van der Waals surface area contributed by atoms with Gasteiger partial charge >= 0.3 is 0 Å². The standard InChI is InChI=1S/C22H22N2O3S/c1-15-2-4-16(5-3-15)12-18-14-23-22(28-18)24-21(25)9-7-17-6-8-19-20(13-17)27-11-10-26-19/h2-6,8,13-14H,7,9-12H2,1H3,(H,23,24,25). The van der Waals surface area contributed by atoms with Crippen LogP contribution in [-0.4, -0.2) is 24.1 Å². The Morgan fingerprint density at radius 1 is 1.07 bits per heavy atom. The van der Waals surface area contributed by atoms with Crippen molar-refractivity contribution < 1.29 is 14.3 Å². The van der Waals surface area contributed by atoms with E-state index in [1.807, 2.05) is 24.4 Å². The van der Waals surface area contributed by atoms with Crippen molar-refractivity contribution in [1.82, 2.24) is 4.98 Å². The molecule has 1 aliphatic rings. The van der Waals surface area contributed by atoms with Gasteiger partial charge < -0.3 is 14.8 Å². The van der Waals surface area contributed by atoms with Gasteiger partial charge in [-0.25, -0.2) is 4.98 Å². The molecular weight excluding hydrogens is 372 g/mol. The lowest BCUT2D eigenvalue weighted by molar-refractivity contribution is -0.116. The third-order valence-electron chi connectivity index (χ3n) is 4.55. The van der Waals surface area contributed by atoms with Crippen molar-refractivity contribution >= 4 is 22.4 Å². The van der Waals surface area contributed by atoms with Crippen molar-refractivity contribution in [3.63, 3.8) is 0 Å². The Balaban J connectivity index is 1.29. The first-order valence-corrected chi connectivity index (χ1v) is 10.2. The van der Waals surface area contributed by atoms with Gasteiger partial charge in [0.25, 0.3) is 0 Å². The number of fused-ring (bicyclic) bond motifs is 1. The molecule has 28 heavy (non-hydrogen) atoms. The van der Waals surface area contributed by atoms with Gasteiger partial charge in [0.15, 0.2) is 16.6 Å². The fraction of sp³-hybridized carbons (Fsp3) is 0.273. The normalized spacial score (nSPS) is 12.6. The zero-order valence-corrected chi connectivity index (χ0v) is 16.6. The van der Waals surface area contributed by atoms with Crippen LogP contribution < -0.4 is 14.8 Å². The molecule has 0 radical (unpaired) electrons. The summed E-state index contributed by atoms with van der Waals surface area (Å²) < 4.78 is 11.1. The number of benzene rings is 2. The van der Waals surface area contributed by atoms with Crippen LogP contribution in [0.4, 0.5) is 5.13 Å². The smallest absolute Gasteiger partial charge is 0.226 e. The topological polar surface area (TPSA) is 60.5 Å². The molecule has 1 N–H and O–H groups in total. The first-order valence-electron chi connectivity index (χ1n) is 9.34. The number of ether oxygens (including phenoxy) is 2. The number of nitrogens with zero attached hydrogens (tertiary/aromatic N) is 1. The van der Waals surface area contributed by atoms with Crippen molar-refractivity contribution in [2.24, 2.45) is 0 Å². The maximum Gasteiger partial charge on any atom is 0.226 e. The van der Waals surface area contributed by atoms with E-state index < -0.39 is 0 Å². The number of carbonyl (C=O) groups is 1. The molecule has 0 bridgehead atoms. The number of thiazole rings is 1. The van der Waals surface area contributed by atoms with Crippen LogP contribution in [0.3, 0.4) is 0 Å². The van der Waals surface area contributed by atoms with Gasteiger partial charge in [-0.1, -0.05) is 35.9 Å². The van der Waals surface area contributed by atoms with Gasteiger partial charge in [0.1, 0.15) is 13.2 Å². The van der Waals surface area contributed by atoms with E-state index in [0.717, 1.165) is 28.4 Å². The number of carbonyl (C=O) groups excluding carboxylic acids is 1. The van der Waals surface area contributed by atoms with Gasteiger partial charge in [-0.2, -0.15) is 0 Å². The van der Waals surface area contributed by atoms with Crippen LogP contribution in [0.2, 0.25) is 0 Å². The summed E-state index contributed by atoms with van der Waals surface area (Å²) in [5, 5.41) is 3.55. The third kappa shape index (κ3) is 4.70. The zero-order chi connectivity index (χ0) is 19.3. The molecule has 1 amide bonds. The van der Waals surface area contributed by atoms with E-state index in [0.29, 0.717) is 31.2 Å². The highest BCUT2D eigenvalue weighted by Gasteiger charge is 2.13. The number of hydrogen-bond donors (Lipinski definition) is 1. The molecule has 1 aromatic heterocycles. The second-order valence-electron chi connectivity index (χ2n) is 6.82. The molecule has 2 heterocycles. The predicted octanol–water partition coefficient (Wildman–Crippen LogP) is 4.38. The number of rotatable bonds is 6. The van der Waals surface area contributed by atoms with Crippen molar-refractivity contribution in [2.75, 3.05) is 18.5 Å². The molecule has 0 aliphatic carbocycles.